The van der Waals surface area contributed by atoms with Crippen molar-refractivity contribution in [2.75, 3.05) is 14.2 Å². The second-order valence-corrected chi connectivity index (χ2v) is 8.08. The van der Waals surface area contributed by atoms with Crippen LogP contribution >= 0.6 is 0 Å². The molecular weight excluding hydrogens is 290 g/mol. The number of fused-ring (bicyclic) bond motifs is 2. The largest absolute Gasteiger partial charge is 0.508 e. The molecule has 0 spiro atoms. The van der Waals surface area contributed by atoms with E-state index in [1.54, 1.807) is 6.07 Å². The monoisotopic (exact) mass is 315 g/mol. The lowest BCUT2D eigenvalue weighted by Crippen LogP contribution is -2.73. The lowest BCUT2D eigenvalue weighted by Gasteiger charge is -2.69. The number of benzene rings is 1. The Bertz CT molecular complexity index is 687. The molecule has 4 bridgehead atoms. The summed E-state index contributed by atoms with van der Waals surface area (Å²) in [7, 11) is 3.65. The number of carbonyl (C=O) groups excluding carboxylic acids is 1. The number of carbonyl (C=O) groups is 1. The lowest BCUT2D eigenvalue weighted by molar-refractivity contribution is -0.178. The van der Waals surface area contributed by atoms with Crippen molar-refractivity contribution in [2.24, 2.45) is 11.3 Å². The van der Waals surface area contributed by atoms with Crippen LogP contribution in [0.1, 0.15) is 37.8 Å². The van der Waals surface area contributed by atoms with Crippen molar-refractivity contribution in [1.82, 2.24) is 4.90 Å². The van der Waals surface area contributed by atoms with E-state index in [1.165, 1.54) is 18.2 Å². The number of methoxy groups -OCH3 is 1. The highest BCUT2D eigenvalue weighted by Gasteiger charge is 2.66. The van der Waals surface area contributed by atoms with E-state index >= 15 is 0 Å². The lowest BCUT2D eigenvalue weighted by atomic mass is 9.42. The van der Waals surface area contributed by atoms with Crippen molar-refractivity contribution in [1.29, 1.82) is 0 Å². The number of rotatable bonds is 1. The van der Waals surface area contributed by atoms with Gasteiger partial charge in [0.15, 0.2) is 0 Å². The SMILES string of the molecule is COC(=O)C1CC2(C)C3Cc4ccc(O)cc4C2(C)CC1N3C. The number of likely N-dealkylation sites (N-methyl/N-ethyl adjacent to an activating group) is 1. The molecule has 4 heteroatoms. The van der Waals surface area contributed by atoms with Gasteiger partial charge in [0.25, 0.3) is 0 Å². The average Bonchev–Trinajstić information content (AvgIpc) is 2.52. The number of ether oxygens (including phenoxy) is 1. The van der Waals surface area contributed by atoms with Crippen LogP contribution in [0.4, 0.5) is 0 Å². The number of phenolic OH excluding ortho intramolecular Hbond substituents is 1. The Morgan fingerprint density at radius 3 is 2.78 bits per heavy atom. The molecule has 5 rings (SSSR count). The number of nitrogens with zero attached hydrogens (tertiary/aromatic N) is 1. The number of hydrogen-bond donors (Lipinski definition) is 1. The summed E-state index contributed by atoms with van der Waals surface area (Å²) in [5.41, 5.74) is 2.62. The molecule has 0 aromatic heterocycles. The van der Waals surface area contributed by atoms with E-state index < -0.39 is 0 Å². The van der Waals surface area contributed by atoms with Gasteiger partial charge in [0.1, 0.15) is 5.75 Å². The standard InChI is InChI=1S/C19H25NO3/c1-18-10-15-13(17(22)23-4)9-19(18,2)16(20(15)3)7-11-5-6-12(21)8-14(11)18/h5-6,8,13,15-16,21H,7,9-10H2,1-4H3. The molecular formula is C19H25NO3. The maximum absolute atomic E-state index is 12.3. The summed E-state index contributed by atoms with van der Waals surface area (Å²) in [6.45, 7) is 4.65. The zero-order valence-corrected chi connectivity index (χ0v) is 14.3. The summed E-state index contributed by atoms with van der Waals surface area (Å²) in [6.07, 6.45) is 2.79. The first-order valence-corrected chi connectivity index (χ1v) is 8.44. The summed E-state index contributed by atoms with van der Waals surface area (Å²) in [5, 5.41) is 10.00. The highest BCUT2D eigenvalue weighted by Crippen LogP contribution is 2.64. The molecule has 2 heterocycles. The first-order valence-electron chi connectivity index (χ1n) is 8.44. The average molecular weight is 315 g/mol. The third-order valence-electron chi connectivity index (χ3n) is 7.34. The van der Waals surface area contributed by atoms with E-state index in [0.29, 0.717) is 11.8 Å². The molecule has 124 valence electrons. The van der Waals surface area contributed by atoms with Crippen molar-refractivity contribution in [2.45, 2.75) is 50.6 Å². The van der Waals surface area contributed by atoms with Crippen molar-refractivity contribution in [3.8, 4) is 5.75 Å². The van der Waals surface area contributed by atoms with E-state index in [9.17, 15) is 9.90 Å². The predicted octanol–water partition coefficient (Wildman–Crippen LogP) is 2.48. The summed E-state index contributed by atoms with van der Waals surface area (Å²) < 4.78 is 5.07. The number of aromatic hydroxyl groups is 1. The fourth-order valence-corrected chi connectivity index (χ4v) is 5.87. The molecule has 4 aliphatic rings. The van der Waals surface area contributed by atoms with Crippen LogP contribution in [0.3, 0.4) is 0 Å². The van der Waals surface area contributed by atoms with Crippen LogP contribution < -0.4 is 0 Å². The van der Waals surface area contributed by atoms with Crippen LogP contribution in [0.5, 0.6) is 5.75 Å². The van der Waals surface area contributed by atoms with Gasteiger partial charge in [-0.3, -0.25) is 9.69 Å². The smallest absolute Gasteiger partial charge is 0.310 e. The molecule has 23 heavy (non-hydrogen) atoms. The number of hydrogen-bond acceptors (Lipinski definition) is 4. The van der Waals surface area contributed by atoms with Crippen LogP contribution in [-0.2, 0) is 21.4 Å². The van der Waals surface area contributed by atoms with Crippen LogP contribution in [0.15, 0.2) is 18.2 Å². The molecule has 1 aromatic carbocycles. The van der Waals surface area contributed by atoms with Crippen LogP contribution in [-0.4, -0.2) is 42.2 Å². The number of piperidine rings is 2. The van der Waals surface area contributed by atoms with Crippen LogP contribution in [0, 0.1) is 11.3 Å². The molecule has 1 N–H and O–H groups in total. The van der Waals surface area contributed by atoms with Crippen molar-refractivity contribution < 1.29 is 14.6 Å². The summed E-state index contributed by atoms with van der Waals surface area (Å²) in [6, 6.07) is 6.47. The molecule has 5 unspecified atom stereocenters. The van der Waals surface area contributed by atoms with Crippen molar-refractivity contribution in [3.63, 3.8) is 0 Å². The van der Waals surface area contributed by atoms with Gasteiger partial charge in [-0.15, -0.1) is 0 Å². The molecule has 5 atom stereocenters. The topological polar surface area (TPSA) is 49.8 Å². The Morgan fingerprint density at radius 1 is 1.35 bits per heavy atom. The van der Waals surface area contributed by atoms with Crippen molar-refractivity contribution >= 4 is 5.97 Å². The molecule has 2 saturated heterocycles. The van der Waals surface area contributed by atoms with Crippen molar-refractivity contribution in [3.05, 3.63) is 29.3 Å². The molecule has 0 radical (unpaired) electrons. The van der Waals surface area contributed by atoms with Gasteiger partial charge in [0.05, 0.1) is 13.0 Å². The first kappa shape index (κ1) is 15.0. The van der Waals surface area contributed by atoms with Gasteiger partial charge in [0.2, 0.25) is 0 Å². The van der Waals surface area contributed by atoms with Crippen LogP contribution in [0.25, 0.3) is 0 Å². The summed E-state index contributed by atoms with van der Waals surface area (Å²) in [4.78, 5) is 14.7. The van der Waals surface area contributed by atoms with Gasteiger partial charge in [0, 0.05) is 17.5 Å². The Morgan fingerprint density at radius 2 is 2.09 bits per heavy atom. The predicted molar refractivity (Wildman–Crippen MR) is 87.3 cm³/mol. The molecule has 4 nitrogen and oxygen atoms in total. The van der Waals surface area contributed by atoms with E-state index in [-0.39, 0.29) is 28.8 Å². The van der Waals surface area contributed by atoms with Gasteiger partial charge in [-0.2, -0.15) is 0 Å². The minimum absolute atomic E-state index is 0.00825. The maximum atomic E-state index is 12.3. The first-order chi connectivity index (χ1) is 10.8. The quantitative estimate of drug-likeness (QED) is 0.809. The minimum Gasteiger partial charge on any atom is -0.508 e. The maximum Gasteiger partial charge on any atom is 0.310 e. The third-order valence-corrected chi connectivity index (χ3v) is 7.34. The minimum atomic E-state index is -0.0784. The molecule has 2 aliphatic carbocycles. The molecule has 1 saturated carbocycles. The molecule has 2 aliphatic heterocycles. The summed E-state index contributed by atoms with van der Waals surface area (Å²) in [5.74, 6) is 0.217. The van der Waals surface area contributed by atoms with E-state index in [1.807, 2.05) is 6.07 Å². The summed E-state index contributed by atoms with van der Waals surface area (Å²) >= 11 is 0. The zero-order valence-electron chi connectivity index (χ0n) is 14.3. The zero-order chi connectivity index (χ0) is 16.6. The number of phenols is 1. The van der Waals surface area contributed by atoms with Gasteiger partial charge < -0.3 is 9.84 Å². The van der Waals surface area contributed by atoms with E-state index in [0.717, 1.165) is 19.3 Å². The Hall–Kier alpha value is -1.55. The van der Waals surface area contributed by atoms with Gasteiger partial charge in [-0.05, 0) is 55.0 Å². The van der Waals surface area contributed by atoms with E-state index in [4.69, 9.17) is 4.74 Å². The highest BCUT2D eigenvalue weighted by atomic mass is 16.5. The van der Waals surface area contributed by atoms with Gasteiger partial charge in [-0.25, -0.2) is 0 Å². The second-order valence-electron chi connectivity index (χ2n) is 8.08. The molecule has 0 amide bonds. The van der Waals surface area contributed by atoms with Crippen LogP contribution in [0.2, 0.25) is 0 Å². The second kappa shape index (κ2) is 4.50. The molecule has 3 fully saturated rings. The fraction of sp³-hybridized carbons (Fsp3) is 0.632. The Labute approximate surface area is 137 Å². The Kier molecular flexibility index (Phi) is 2.94. The normalized spacial score (nSPS) is 41.5. The third kappa shape index (κ3) is 1.68. The Balaban J connectivity index is 1.87. The fourth-order valence-electron chi connectivity index (χ4n) is 5.87. The number of esters is 1. The van der Waals surface area contributed by atoms with Gasteiger partial charge >= 0.3 is 5.97 Å². The molecule has 1 aromatic rings. The van der Waals surface area contributed by atoms with E-state index in [2.05, 4.69) is 31.9 Å². The highest BCUT2D eigenvalue weighted by molar-refractivity contribution is 5.74. The van der Waals surface area contributed by atoms with Gasteiger partial charge in [-0.1, -0.05) is 19.9 Å².